The van der Waals surface area contributed by atoms with Crippen LogP contribution in [0.25, 0.3) is 0 Å². The van der Waals surface area contributed by atoms with E-state index in [4.69, 9.17) is 24.7 Å². The third kappa shape index (κ3) is 5.05. The smallest absolute Gasteiger partial charge is 0.255 e. The van der Waals surface area contributed by atoms with Crippen molar-refractivity contribution >= 4 is 18.3 Å². The van der Waals surface area contributed by atoms with E-state index >= 15 is 0 Å². The summed E-state index contributed by atoms with van der Waals surface area (Å²) < 4.78 is 22.8. The highest BCUT2D eigenvalue weighted by atomic mass is 35.5. The molecule has 0 heterocycles. The van der Waals surface area contributed by atoms with Gasteiger partial charge in [-0.05, 0) is 47.4 Å². The monoisotopic (exact) mass is 492 g/mol. The Bertz CT molecular complexity index is 991. The molecular weight excluding hydrogens is 456 g/mol. The fraction of sp³-hybridized carbons (Fsp3) is 0.500. The molecule has 1 aliphatic rings. The van der Waals surface area contributed by atoms with Gasteiger partial charge in [0, 0.05) is 12.6 Å². The highest BCUT2D eigenvalue weighted by Crippen LogP contribution is 2.68. The zero-order valence-electron chi connectivity index (χ0n) is 21.1. The van der Waals surface area contributed by atoms with Gasteiger partial charge in [-0.1, -0.05) is 39.8 Å². The van der Waals surface area contributed by atoms with E-state index in [1.165, 1.54) is 21.3 Å². The summed E-state index contributed by atoms with van der Waals surface area (Å²) in [5.41, 5.74) is 7.42. The second-order valence-corrected chi connectivity index (χ2v) is 9.51. The summed E-state index contributed by atoms with van der Waals surface area (Å²) >= 11 is 0. The lowest BCUT2D eigenvalue weighted by atomic mass is 10.0. The molecule has 0 aliphatic heterocycles. The molecular formula is C26H37ClN2O5. The van der Waals surface area contributed by atoms with E-state index in [-0.39, 0.29) is 29.1 Å². The zero-order valence-corrected chi connectivity index (χ0v) is 21.9. The number of carbonyl (C=O) groups is 1. The Labute approximate surface area is 208 Å². The lowest BCUT2D eigenvalue weighted by molar-refractivity contribution is 0.0945. The topological polar surface area (TPSA) is 92.0 Å². The molecule has 1 aliphatic carbocycles. The summed E-state index contributed by atoms with van der Waals surface area (Å²) in [5, 5.41) is 3.07. The van der Waals surface area contributed by atoms with Gasteiger partial charge in [-0.25, -0.2) is 0 Å². The van der Waals surface area contributed by atoms with Crippen LogP contribution in [0, 0.1) is 16.7 Å². The van der Waals surface area contributed by atoms with Gasteiger partial charge < -0.3 is 30.0 Å². The fourth-order valence-corrected chi connectivity index (χ4v) is 4.58. The Hall–Kier alpha value is -2.64. The lowest BCUT2D eigenvalue weighted by Gasteiger charge is -2.19. The van der Waals surface area contributed by atoms with Crippen LogP contribution in [0.2, 0.25) is 0 Å². The SMILES string of the molecule is COc1c(Oc2ccc(CCN)cc2)cc(C(=O)NCC2C(C)(C)C2(C)C)c(OC)c1OC.Cl. The number of ether oxygens (including phenoxy) is 4. The van der Waals surface area contributed by atoms with Gasteiger partial charge in [0.1, 0.15) is 5.75 Å². The van der Waals surface area contributed by atoms with Gasteiger partial charge in [-0.15, -0.1) is 12.4 Å². The van der Waals surface area contributed by atoms with E-state index in [1.807, 2.05) is 24.3 Å². The molecule has 3 N–H and O–H groups in total. The number of nitrogens with one attached hydrogen (secondary N) is 1. The highest BCUT2D eigenvalue weighted by Gasteiger charge is 2.64. The van der Waals surface area contributed by atoms with Gasteiger partial charge in [0.05, 0.1) is 26.9 Å². The van der Waals surface area contributed by atoms with Gasteiger partial charge in [0.2, 0.25) is 11.5 Å². The molecule has 0 aromatic heterocycles. The zero-order chi connectivity index (χ0) is 24.4. The first-order chi connectivity index (χ1) is 15.6. The third-order valence-corrected chi connectivity index (χ3v) is 7.38. The predicted octanol–water partition coefficient (Wildman–Crippen LogP) is 4.84. The van der Waals surface area contributed by atoms with Gasteiger partial charge in [0.25, 0.3) is 5.91 Å². The van der Waals surface area contributed by atoms with Crippen LogP contribution in [0.15, 0.2) is 30.3 Å². The number of halogens is 1. The maximum absolute atomic E-state index is 13.2. The van der Waals surface area contributed by atoms with Crippen LogP contribution in [0.1, 0.15) is 43.6 Å². The first-order valence-electron chi connectivity index (χ1n) is 11.2. The van der Waals surface area contributed by atoms with Crippen molar-refractivity contribution in [2.75, 3.05) is 34.4 Å². The van der Waals surface area contributed by atoms with E-state index < -0.39 is 0 Å². The molecule has 0 spiro atoms. The third-order valence-electron chi connectivity index (χ3n) is 7.38. The van der Waals surface area contributed by atoms with Crippen molar-refractivity contribution in [3.05, 3.63) is 41.5 Å². The van der Waals surface area contributed by atoms with Crippen LogP contribution in [0.5, 0.6) is 28.7 Å². The molecule has 0 radical (unpaired) electrons. The Morgan fingerprint density at radius 1 is 0.941 bits per heavy atom. The summed E-state index contributed by atoms with van der Waals surface area (Å²) in [6, 6.07) is 9.27. The van der Waals surface area contributed by atoms with Crippen LogP contribution in [0.3, 0.4) is 0 Å². The van der Waals surface area contributed by atoms with Gasteiger partial charge in [0.15, 0.2) is 11.5 Å². The van der Waals surface area contributed by atoms with Crippen LogP contribution in [-0.4, -0.2) is 40.3 Å². The van der Waals surface area contributed by atoms with E-state index in [0.29, 0.717) is 53.3 Å². The van der Waals surface area contributed by atoms with Crippen LogP contribution in [-0.2, 0) is 6.42 Å². The molecule has 7 nitrogen and oxygen atoms in total. The molecule has 1 fully saturated rings. The molecule has 0 atom stereocenters. The maximum atomic E-state index is 13.2. The Morgan fingerprint density at radius 2 is 1.50 bits per heavy atom. The second kappa shape index (κ2) is 10.7. The number of benzene rings is 2. The standard InChI is InChI=1S/C26H36N2O5.ClH/c1-25(2)20(26(25,3)4)15-28-24(29)18-14-19(22(31-6)23(32-7)21(18)30-5)33-17-10-8-16(9-11-17)12-13-27;/h8-11,14,20H,12-13,15,27H2,1-7H3,(H,28,29);1H. The number of carbonyl (C=O) groups excluding carboxylic acids is 1. The minimum atomic E-state index is -0.255. The lowest BCUT2D eigenvalue weighted by Crippen LogP contribution is -2.27. The van der Waals surface area contributed by atoms with Crippen LogP contribution >= 0.6 is 12.4 Å². The minimum absolute atomic E-state index is 0. The minimum Gasteiger partial charge on any atom is -0.492 e. The largest absolute Gasteiger partial charge is 0.492 e. The molecule has 1 amide bonds. The molecule has 34 heavy (non-hydrogen) atoms. The quantitative estimate of drug-likeness (QED) is 0.493. The van der Waals surface area contributed by atoms with E-state index in [1.54, 1.807) is 6.07 Å². The molecule has 0 bridgehead atoms. The summed E-state index contributed by atoms with van der Waals surface area (Å²) in [5.74, 6) is 2.05. The molecule has 1 saturated carbocycles. The Kier molecular flexibility index (Phi) is 8.72. The van der Waals surface area contributed by atoms with E-state index in [0.717, 1.165) is 12.0 Å². The summed E-state index contributed by atoms with van der Waals surface area (Å²) in [4.78, 5) is 13.2. The number of amides is 1. The molecule has 3 rings (SSSR count). The number of hydrogen-bond acceptors (Lipinski definition) is 6. The first kappa shape index (κ1) is 27.6. The predicted molar refractivity (Wildman–Crippen MR) is 136 cm³/mol. The Morgan fingerprint density at radius 3 is 1.97 bits per heavy atom. The molecule has 188 valence electrons. The number of rotatable bonds is 10. The average Bonchev–Trinajstić information content (AvgIpc) is 3.19. The normalized spacial score (nSPS) is 15.6. The Balaban J connectivity index is 0.00000408. The molecule has 2 aromatic rings. The van der Waals surface area contributed by atoms with Crippen molar-refractivity contribution in [3.63, 3.8) is 0 Å². The summed E-state index contributed by atoms with van der Waals surface area (Å²) in [6.45, 7) is 10.1. The van der Waals surface area contributed by atoms with Gasteiger partial charge in [-0.3, -0.25) is 4.79 Å². The van der Waals surface area contributed by atoms with Gasteiger partial charge in [-0.2, -0.15) is 0 Å². The molecule has 0 unspecified atom stereocenters. The highest BCUT2D eigenvalue weighted by molar-refractivity contribution is 5.99. The van der Waals surface area contributed by atoms with Gasteiger partial charge >= 0.3 is 0 Å². The average molecular weight is 493 g/mol. The van der Waals surface area contributed by atoms with Crippen molar-refractivity contribution in [3.8, 4) is 28.7 Å². The molecule has 8 heteroatoms. The second-order valence-electron chi connectivity index (χ2n) is 9.51. The van der Waals surface area contributed by atoms with Crippen molar-refractivity contribution < 1.29 is 23.7 Å². The maximum Gasteiger partial charge on any atom is 0.255 e. The first-order valence-corrected chi connectivity index (χ1v) is 11.2. The van der Waals surface area contributed by atoms with Crippen molar-refractivity contribution in [1.82, 2.24) is 5.32 Å². The van der Waals surface area contributed by atoms with Crippen LogP contribution in [0.4, 0.5) is 0 Å². The number of methoxy groups -OCH3 is 3. The summed E-state index contributed by atoms with van der Waals surface area (Å²) in [6.07, 6.45) is 0.791. The van der Waals surface area contributed by atoms with Crippen LogP contribution < -0.4 is 30.0 Å². The van der Waals surface area contributed by atoms with Crippen molar-refractivity contribution in [2.24, 2.45) is 22.5 Å². The summed E-state index contributed by atoms with van der Waals surface area (Å²) in [7, 11) is 4.52. The van der Waals surface area contributed by atoms with E-state index in [2.05, 4.69) is 33.0 Å². The van der Waals surface area contributed by atoms with Crippen molar-refractivity contribution in [1.29, 1.82) is 0 Å². The molecule has 0 saturated heterocycles. The fourth-order valence-electron chi connectivity index (χ4n) is 4.58. The van der Waals surface area contributed by atoms with E-state index in [9.17, 15) is 4.79 Å². The molecule has 2 aromatic carbocycles. The number of nitrogens with two attached hydrogens (primary N) is 1. The van der Waals surface area contributed by atoms with Crippen molar-refractivity contribution in [2.45, 2.75) is 34.1 Å². The number of hydrogen-bond donors (Lipinski definition) is 2.